The van der Waals surface area contributed by atoms with Gasteiger partial charge in [-0.1, -0.05) is 19.9 Å². The molecule has 182 valence electrons. The maximum Gasteiger partial charge on any atom is 0.208 e. The molecule has 0 aliphatic heterocycles. The van der Waals surface area contributed by atoms with E-state index in [0.29, 0.717) is 40.9 Å². The van der Waals surface area contributed by atoms with Crippen molar-refractivity contribution in [2.45, 2.75) is 26.2 Å². The highest BCUT2D eigenvalue weighted by Gasteiger charge is 2.13. The number of nitrogens with zero attached hydrogens (tertiary/aromatic N) is 4. The number of aryl methyl sites for hydroxylation is 1. The van der Waals surface area contributed by atoms with Crippen molar-refractivity contribution in [3.8, 4) is 11.5 Å². The normalized spacial score (nSPS) is 11.4. The minimum atomic E-state index is -0.331. The van der Waals surface area contributed by atoms with Crippen LogP contribution in [-0.4, -0.2) is 45.9 Å². The number of Topliss-reactive ketones (excluding diaryl/α,β-unsaturated/α-hetero) is 1. The zero-order valence-corrected chi connectivity index (χ0v) is 20.7. The summed E-state index contributed by atoms with van der Waals surface area (Å²) in [5.41, 5.74) is 3.68. The summed E-state index contributed by atoms with van der Waals surface area (Å²) in [4.78, 5) is 22.9. The summed E-state index contributed by atoms with van der Waals surface area (Å²) >= 11 is 0. The van der Waals surface area contributed by atoms with Crippen molar-refractivity contribution in [3.63, 3.8) is 0 Å². The lowest BCUT2D eigenvalue weighted by Crippen LogP contribution is -2.23. The minimum Gasteiger partial charge on any atom is -0.457 e. The summed E-state index contributed by atoms with van der Waals surface area (Å²) in [6.45, 7) is 4.51. The molecular weight excluding hydrogens is 445 g/mol. The van der Waals surface area contributed by atoms with Crippen molar-refractivity contribution in [1.29, 1.82) is 0 Å². The van der Waals surface area contributed by atoms with E-state index >= 15 is 0 Å². The van der Waals surface area contributed by atoms with Gasteiger partial charge in [-0.15, -0.1) is 0 Å². The maximum absolute atomic E-state index is 14.4. The smallest absolute Gasteiger partial charge is 0.208 e. The number of nitrogens with one attached hydrogen (secondary N) is 1. The number of hydrogen-bond donors (Lipinski definition) is 1. The van der Waals surface area contributed by atoms with Crippen LogP contribution in [0.2, 0.25) is 0 Å². The Morgan fingerprint density at radius 3 is 2.63 bits per heavy atom. The minimum absolute atomic E-state index is 0.0879. The molecular formula is C27H30FN5O2. The van der Waals surface area contributed by atoms with E-state index in [1.54, 1.807) is 24.4 Å². The van der Waals surface area contributed by atoms with Gasteiger partial charge in [-0.3, -0.25) is 9.78 Å². The fourth-order valence-electron chi connectivity index (χ4n) is 3.84. The number of fused-ring (bicyclic) bond motifs is 1. The number of benzene rings is 2. The van der Waals surface area contributed by atoms with E-state index in [2.05, 4.69) is 29.1 Å². The van der Waals surface area contributed by atoms with Crippen LogP contribution in [0.25, 0.3) is 11.0 Å². The van der Waals surface area contributed by atoms with Crippen LogP contribution < -0.4 is 10.1 Å². The number of carbonyl (C=O) groups excluding carboxylic acids is 1. The largest absolute Gasteiger partial charge is 0.457 e. The molecule has 0 atom stereocenters. The molecule has 0 radical (unpaired) electrons. The van der Waals surface area contributed by atoms with Gasteiger partial charge in [-0.2, -0.15) is 0 Å². The topological polar surface area (TPSA) is 72.3 Å². The molecule has 0 fully saturated rings. The first-order valence-electron chi connectivity index (χ1n) is 11.5. The summed E-state index contributed by atoms with van der Waals surface area (Å²) in [5.74, 6) is 1.77. The van der Waals surface area contributed by atoms with Crippen molar-refractivity contribution < 1.29 is 13.9 Å². The lowest BCUT2D eigenvalue weighted by Gasteiger charge is -2.11. The van der Waals surface area contributed by atoms with Crippen LogP contribution in [0.3, 0.4) is 0 Å². The Hall–Kier alpha value is -3.78. The van der Waals surface area contributed by atoms with Gasteiger partial charge in [0.1, 0.15) is 17.3 Å². The van der Waals surface area contributed by atoms with Gasteiger partial charge in [-0.25, -0.2) is 9.37 Å². The van der Waals surface area contributed by atoms with Crippen molar-refractivity contribution in [3.05, 3.63) is 71.8 Å². The standard InChI is InChI=1S/C27H30FN5O2/c1-17(2)18-6-8-23(28)24(12-18)30-27-31-25-15-21(7-9-26(25)33(27)5)35-22-10-11-29-19(14-22)13-20(34)16-32(3)4/h6-12,14-15,17H,13,16H2,1-5H3,(H,30,31). The first-order valence-corrected chi connectivity index (χ1v) is 11.5. The van der Waals surface area contributed by atoms with Gasteiger partial charge in [0.2, 0.25) is 5.95 Å². The Morgan fingerprint density at radius 2 is 1.89 bits per heavy atom. The van der Waals surface area contributed by atoms with E-state index in [9.17, 15) is 9.18 Å². The second-order valence-electron chi connectivity index (χ2n) is 9.20. The molecule has 7 nitrogen and oxygen atoms in total. The molecule has 1 N–H and O–H groups in total. The van der Waals surface area contributed by atoms with Crippen LogP contribution in [0.1, 0.15) is 31.0 Å². The van der Waals surface area contributed by atoms with Gasteiger partial charge in [0.15, 0.2) is 5.78 Å². The number of imidazole rings is 1. The first-order chi connectivity index (χ1) is 16.7. The number of aromatic nitrogens is 3. The summed E-state index contributed by atoms with van der Waals surface area (Å²) < 4.78 is 22.3. The lowest BCUT2D eigenvalue weighted by molar-refractivity contribution is -0.119. The molecule has 0 aliphatic carbocycles. The molecule has 2 aromatic heterocycles. The van der Waals surface area contributed by atoms with Crippen LogP contribution in [0.4, 0.5) is 16.0 Å². The van der Waals surface area contributed by atoms with Gasteiger partial charge in [0.25, 0.3) is 0 Å². The number of carbonyl (C=O) groups is 1. The number of halogens is 1. The van der Waals surface area contributed by atoms with E-state index in [0.717, 1.165) is 11.1 Å². The van der Waals surface area contributed by atoms with Crippen LogP contribution >= 0.6 is 0 Å². The van der Waals surface area contributed by atoms with E-state index in [1.807, 2.05) is 54.9 Å². The van der Waals surface area contributed by atoms with Gasteiger partial charge in [0.05, 0.1) is 35.4 Å². The van der Waals surface area contributed by atoms with E-state index in [-0.39, 0.29) is 23.9 Å². The monoisotopic (exact) mass is 475 g/mol. The van der Waals surface area contributed by atoms with Gasteiger partial charge < -0.3 is 19.5 Å². The summed E-state index contributed by atoms with van der Waals surface area (Å²) in [7, 11) is 5.60. The van der Waals surface area contributed by atoms with Gasteiger partial charge in [-0.05, 0) is 55.9 Å². The molecule has 35 heavy (non-hydrogen) atoms. The Balaban J connectivity index is 1.54. The van der Waals surface area contributed by atoms with Crippen molar-refractivity contribution in [1.82, 2.24) is 19.4 Å². The molecule has 0 aliphatic rings. The van der Waals surface area contributed by atoms with E-state index < -0.39 is 0 Å². The Morgan fingerprint density at radius 1 is 1.11 bits per heavy atom. The van der Waals surface area contributed by atoms with Crippen molar-refractivity contribution in [2.24, 2.45) is 7.05 Å². The SMILES string of the molecule is CC(C)c1ccc(F)c(Nc2nc3cc(Oc4ccnc(CC(=O)CN(C)C)c4)ccc3n2C)c1. The molecule has 8 heteroatoms. The molecule has 2 heterocycles. The predicted octanol–water partition coefficient (Wildman–Crippen LogP) is 5.44. The highest BCUT2D eigenvalue weighted by Crippen LogP contribution is 2.29. The lowest BCUT2D eigenvalue weighted by atomic mass is 10.0. The highest BCUT2D eigenvalue weighted by atomic mass is 19.1. The number of ketones is 1. The van der Waals surface area contributed by atoms with E-state index in [4.69, 9.17) is 4.74 Å². The third-order valence-corrected chi connectivity index (χ3v) is 5.65. The van der Waals surface area contributed by atoms with Crippen LogP contribution in [0.15, 0.2) is 54.7 Å². The van der Waals surface area contributed by atoms with Crippen LogP contribution in [0.5, 0.6) is 11.5 Å². The van der Waals surface area contributed by atoms with Gasteiger partial charge in [0, 0.05) is 25.4 Å². The Kier molecular flexibility index (Phi) is 7.12. The molecule has 4 rings (SSSR count). The molecule has 0 saturated heterocycles. The third kappa shape index (κ3) is 5.84. The first kappa shape index (κ1) is 24.3. The van der Waals surface area contributed by atoms with Crippen molar-refractivity contribution >= 4 is 28.5 Å². The second kappa shape index (κ2) is 10.2. The van der Waals surface area contributed by atoms with Crippen molar-refractivity contribution in [2.75, 3.05) is 26.0 Å². The highest BCUT2D eigenvalue weighted by molar-refractivity contribution is 5.82. The third-order valence-electron chi connectivity index (χ3n) is 5.65. The molecule has 0 amide bonds. The summed E-state index contributed by atoms with van der Waals surface area (Å²) in [6.07, 6.45) is 1.88. The molecule has 2 aromatic carbocycles. The molecule has 0 spiro atoms. The predicted molar refractivity (Wildman–Crippen MR) is 136 cm³/mol. The quantitative estimate of drug-likeness (QED) is 0.348. The molecule has 4 aromatic rings. The Labute approximate surface area is 204 Å². The second-order valence-corrected chi connectivity index (χ2v) is 9.20. The number of anilines is 2. The zero-order valence-electron chi connectivity index (χ0n) is 20.7. The average molecular weight is 476 g/mol. The number of likely N-dealkylation sites (N-methyl/N-ethyl adjacent to an activating group) is 1. The molecule has 0 bridgehead atoms. The summed E-state index contributed by atoms with van der Waals surface area (Å²) in [6, 6.07) is 14.2. The number of ether oxygens (including phenoxy) is 1. The number of pyridine rings is 1. The summed E-state index contributed by atoms with van der Waals surface area (Å²) in [5, 5.41) is 3.13. The van der Waals surface area contributed by atoms with E-state index in [1.165, 1.54) is 6.07 Å². The zero-order chi connectivity index (χ0) is 25.1. The number of rotatable bonds is 9. The Bertz CT molecular complexity index is 1360. The fraction of sp³-hybridized carbons (Fsp3) is 0.296. The molecule has 0 saturated carbocycles. The van der Waals surface area contributed by atoms with Crippen LogP contribution in [0, 0.1) is 5.82 Å². The maximum atomic E-state index is 14.4. The fourth-order valence-corrected chi connectivity index (χ4v) is 3.84. The van der Waals surface area contributed by atoms with Crippen LogP contribution in [-0.2, 0) is 18.3 Å². The molecule has 0 unspecified atom stereocenters. The van der Waals surface area contributed by atoms with Gasteiger partial charge >= 0.3 is 0 Å². The number of hydrogen-bond acceptors (Lipinski definition) is 6. The average Bonchev–Trinajstić information content (AvgIpc) is 3.09.